The van der Waals surface area contributed by atoms with Crippen molar-refractivity contribution >= 4 is 11.8 Å². The van der Waals surface area contributed by atoms with Crippen LogP contribution in [0.15, 0.2) is 0 Å². The molecule has 1 spiro atoms. The highest BCUT2D eigenvalue weighted by atomic mass is 32.2. The molecule has 0 saturated carbocycles. The molecule has 104 valence electrons. The van der Waals surface area contributed by atoms with E-state index in [9.17, 15) is 0 Å². The molecule has 0 aromatic carbocycles. The maximum atomic E-state index is 6.13. The Bertz CT molecular complexity index is 281. The summed E-state index contributed by atoms with van der Waals surface area (Å²) in [5.74, 6) is 3.40. The lowest BCUT2D eigenvalue weighted by Crippen LogP contribution is -2.48. The van der Waals surface area contributed by atoms with Gasteiger partial charge in [0.2, 0.25) is 0 Å². The van der Waals surface area contributed by atoms with E-state index in [-0.39, 0.29) is 5.60 Å². The minimum Gasteiger partial charge on any atom is -0.374 e. The van der Waals surface area contributed by atoms with Crippen molar-refractivity contribution in [2.45, 2.75) is 37.3 Å². The van der Waals surface area contributed by atoms with Gasteiger partial charge in [0, 0.05) is 24.9 Å². The summed E-state index contributed by atoms with van der Waals surface area (Å²) in [5, 5.41) is 3.33. The van der Waals surface area contributed by atoms with Crippen molar-refractivity contribution in [2.24, 2.45) is 5.92 Å². The second-order valence-electron chi connectivity index (χ2n) is 6.19. The minimum atomic E-state index is 0.245. The predicted octanol–water partition coefficient (Wildman–Crippen LogP) is 1.58. The fourth-order valence-electron chi connectivity index (χ4n) is 3.83. The lowest BCUT2D eigenvalue weighted by molar-refractivity contribution is -0.0871. The van der Waals surface area contributed by atoms with Gasteiger partial charge in [-0.3, -0.25) is 4.90 Å². The van der Waals surface area contributed by atoms with Gasteiger partial charge in [0.25, 0.3) is 0 Å². The zero-order valence-corrected chi connectivity index (χ0v) is 12.3. The number of rotatable bonds is 3. The van der Waals surface area contributed by atoms with E-state index in [0.29, 0.717) is 0 Å². The average Bonchev–Trinajstić information content (AvgIpc) is 3.00. The zero-order chi connectivity index (χ0) is 12.4. The Labute approximate surface area is 115 Å². The van der Waals surface area contributed by atoms with E-state index >= 15 is 0 Å². The van der Waals surface area contributed by atoms with Crippen LogP contribution in [0.2, 0.25) is 0 Å². The Morgan fingerprint density at radius 1 is 1.44 bits per heavy atom. The number of thioether (sulfide) groups is 1. The summed E-state index contributed by atoms with van der Waals surface area (Å²) in [6, 6.07) is 0.791. The van der Waals surface area contributed by atoms with E-state index in [1.807, 2.05) is 0 Å². The van der Waals surface area contributed by atoms with Crippen LogP contribution < -0.4 is 5.32 Å². The molecule has 0 aliphatic carbocycles. The first kappa shape index (κ1) is 13.2. The lowest BCUT2D eigenvalue weighted by atomic mass is 9.89. The summed E-state index contributed by atoms with van der Waals surface area (Å²) >= 11 is 2.08. The second-order valence-corrected chi connectivity index (χ2v) is 7.29. The first-order valence-corrected chi connectivity index (χ1v) is 8.57. The average molecular weight is 270 g/mol. The molecule has 0 aromatic rings. The van der Waals surface area contributed by atoms with Crippen LogP contribution in [0, 0.1) is 5.92 Å². The van der Waals surface area contributed by atoms with Crippen LogP contribution >= 0.6 is 11.8 Å². The smallest absolute Gasteiger partial charge is 0.0795 e. The molecule has 0 aromatic heterocycles. The van der Waals surface area contributed by atoms with Crippen LogP contribution in [-0.2, 0) is 4.74 Å². The van der Waals surface area contributed by atoms with Gasteiger partial charge in [-0.25, -0.2) is 0 Å². The third-order valence-electron chi connectivity index (χ3n) is 4.86. The van der Waals surface area contributed by atoms with Crippen LogP contribution in [-0.4, -0.2) is 61.3 Å². The highest BCUT2D eigenvalue weighted by Crippen LogP contribution is 2.40. The summed E-state index contributed by atoms with van der Waals surface area (Å²) in [6.07, 6.45) is 5.19. The molecule has 3 aliphatic rings. The van der Waals surface area contributed by atoms with E-state index in [1.54, 1.807) is 0 Å². The van der Waals surface area contributed by atoms with Crippen LogP contribution in [0.4, 0.5) is 0 Å². The quantitative estimate of drug-likeness (QED) is 0.841. The summed E-state index contributed by atoms with van der Waals surface area (Å²) in [7, 11) is 2.07. The summed E-state index contributed by atoms with van der Waals surface area (Å²) in [6.45, 7) is 4.77. The fraction of sp³-hybridized carbons (Fsp3) is 1.00. The van der Waals surface area contributed by atoms with Gasteiger partial charge in [-0.15, -0.1) is 0 Å². The Balaban J connectivity index is 1.56. The molecule has 1 N–H and O–H groups in total. The van der Waals surface area contributed by atoms with E-state index in [0.717, 1.165) is 18.6 Å². The highest BCUT2D eigenvalue weighted by molar-refractivity contribution is 7.99. The van der Waals surface area contributed by atoms with Crippen LogP contribution in [0.1, 0.15) is 25.7 Å². The zero-order valence-electron chi connectivity index (χ0n) is 11.5. The molecule has 3 aliphatic heterocycles. The molecule has 3 unspecified atom stereocenters. The summed E-state index contributed by atoms with van der Waals surface area (Å²) in [5.41, 5.74) is 0.245. The summed E-state index contributed by atoms with van der Waals surface area (Å²) in [4.78, 5) is 2.75. The maximum Gasteiger partial charge on any atom is 0.0795 e. The number of likely N-dealkylation sites (tertiary alicyclic amines) is 1. The maximum absolute atomic E-state index is 6.13. The number of nitrogens with zero attached hydrogens (tertiary/aromatic N) is 1. The van der Waals surface area contributed by atoms with Crippen LogP contribution in [0.5, 0.6) is 0 Å². The monoisotopic (exact) mass is 270 g/mol. The Morgan fingerprint density at radius 2 is 2.39 bits per heavy atom. The molecule has 18 heavy (non-hydrogen) atoms. The topological polar surface area (TPSA) is 24.5 Å². The van der Waals surface area contributed by atoms with Gasteiger partial charge < -0.3 is 10.1 Å². The Hall–Kier alpha value is 0.230. The van der Waals surface area contributed by atoms with Crippen molar-refractivity contribution in [3.8, 4) is 0 Å². The molecule has 3 fully saturated rings. The van der Waals surface area contributed by atoms with Crippen molar-refractivity contribution < 1.29 is 4.74 Å². The van der Waals surface area contributed by atoms with Crippen molar-refractivity contribution in [1.29, 1.82) is 0 Å². The fourth-order valence-corrected chi connectivity index (χ4v) is 5.20. The molecule has 0 radical (unpaired) electrons. The molecule has 0 bridgehead atoms. The normalized spacial score (nSPS) is 41.8. The predicted molar refractivity (Wildman–Crippen MR) is 77.3 cm³/mol. The van der Waals surface area contributed by atoms with Gasteiger partial charge in [0.1, 0.15) is 0 Å². The third kappa shape index (κ3) is 2.72. The highest BCUT2D eigenvalue weighted by Gasteiger charge is 2.42. The molecule has 3 rings (SSSR count). The van der Waals surface area contributed by atoms with Gasteiger partial charge >= 0.3 is 0 Å². The van der Waals surface area contributed by atoms with E-state index in [1.165, 1.54) is 56.8 Å². The Kier molecular flexibility index (Phi) is 4.18. The summed E-state index contributed by atoms with van der Waals surface area (Å²) < 4.78 is 6.13. The molecule has 3 saturated heterocycles. The molecule has 4 heteroatoms. The molecule has 3 atom stereocenters. The van der Waals surface area contributed by atoms with Crippen molar-refractivity contribution in [3.05, 3.63) is 0 Å². The van der Waals surface area contributed by atoms with E-state index in [2.05, 4.69) is 29.0 Å². The van der Waals surface area contributed by atoms with Crippen molar-refractivity contribution in [2.75, 3.05) is 44.8 Å². The van der Waals surface area contributed by atoms with Gasteiger partial charge in [-0.1, -0.05) is 0 Å². The van der Waals surface area contributed by atoms with E-state index in [4.69, 9.17) is 4.74 Å². The van der Waals surface area contributed by atoms with Crippen molar-refractivity contribution in [3.63, 3.8) is 0 Å². The van der Waals surface area contributed by atoms with Crippen molar-refractivity contribution in [1.82, 2.24) is 10.2 Å². The number of ether oxygens (including phenoxy) is 1. The first-order chi connectivity index (χ1) is 8.81. The number of hydrogen-bond acceptors (Lipinski definition) is 4. The SMILES string of the molecule is CNCC1CCN(C2CCOC3(CCSC3)C2)C1. The van der Waals surface area contributed by atoms with Crippen LogP contribution in [0.25, 0.3) is 0 Å². The molecular weight excluding hydrogens is 244 g/mol. The number of hydrogen-bond donors (Lipinski definition) is 1. The van der Waals surface area contributed by atoms with Gasteiger partial charge in [-0.05, 0) is 57.5 Å². The molecule has 3 nitrogen and oxygen atoms in total. The molecule has 3 heterocycles. The van der Waals surface area contributed by atoms with Gasteiger partial charge in [-0.2, -0.15) is 11.8 Å². The van der Waals surface area contributed by atoms with E-state index < -0.39 is 0 Å². The third-order valence-corrected chi connectivity index (χ3v) is 6.08. The Morgan fingerprint density at radius 3 is 3.17 bits per heavy atom. The first-order valence-electron chi connectivity index (χ1n) is 7.42. The second kappa shape index (κ2) is 5.70. The van der Waals surface area contributed by atoms with Gasteiger partial charge in [0.15, 0.2) is 0 Å². The molecular formula is C14H26N2OS. The van der Waals surface area contributed by atoms with Gasteiger partial charge in [0.05, 0.1) is 5.60 Å². The largest absolute Gasteiger partial charge is 0.374 e. The van der Waals surface area contributed by atoms with Crippen LogP contribution in [0.3, 0.4) is 0 Å². The molecule has 0 amide bonds. The lowest BCUT2D eigenvalue weighted by Gasteiger charge is -2.41. The standard InChI is InChI=1S/C14H26N2OS/c1-15-9-12-2-5-16(10-12)13-3-6-17-14(8-13)4-7-18-11-14/h12-13,15H,2-11H2,1H3. The number of nitrogens with one attached hydrogen (secondary N) is 1. The minimum absolute atomic E-state index is 0.245.